The first-order valence-corrected chi connectivity index (χ1v) is 9.10. The van der Waals surface area contributed by atoms with Crippen molar-refractivity contribution in [3.05, 3.63) is 18.3 Å². The third-order valence-electron chi connectivity index (χ3n) is 5.22. The molecule has 0 saturated carbocycles. The van der Waals surface area contributed by atoms with E-state index in [-0.39, 0.29) is 49.2 Å². The van der Waals surface area contributed by atoms with E-state index in [0.29, 0.717) is 24.8 Å². The minimum absolute atomic E-state index is 0. The van der Waals surface area contributed by atoms with E-state index in [1.54, 1.807) is 0 Å². The van der Waals surface area contributed by atoms with Gasteiger partial charge in [0, 0.05) is 25.7 Å². The molecule has 0 bridgehead atoms. The van der Waals surface area contributed by atoms with E-state index in [1.807, 2.05) is 18.3 Å². The molecule has 0 spiro atoms. The highest BCUT2D eigenvalue weighted by Gasteiger charge is 2.30. The summed E-state index contributed by atoms with van der Waals surface area (Å²) in [6.07, 6.45) is 5.29. The highest BCUT2D eigenvalue weighted by molar-refractivity contribution is 5.93. The van der Waals surface area contributed by atoms with Crippen LogP contribution in [0.1, 0.15) is 25.7 Å². The maximum Gasteiger partial charge on any atom is 0.254 e. The average Bonchev–Trinajstić information content (AvgIpc) is 3.12. The lowest BCUT2D eigenvalue weighted by Crippen LogP contribution is -2.42. The number of nitrogens with zero attached hydrogens (tertiary/aromatic N) is 3. The molecule has 2 atom stereocenters. The Morgan fingerprint density at radius 2 is 1.89 bits per heavy atom. The zero-order valence-corrected chi connectivity index (χ0v) is 18.8. The molecular weight excluding hydrogens is 425 g/mol. The van der Waals surface area contributed by atoms with Crippen molar-refractivity contribution in [2.24, 2.45) is 5.73 Å². The number of hydrogen-bond donors (Lipinski definition) is 2. The Morgan fingerprint density at radius 3 is 2.39 bits per heavy atom. The number of anilines is 2. The lowest BCUT2D eigenvalue weighted by Gasteiger charge is -2.36. The van der Waals surface area contributed by atoms with Crippen LogP contribution in [0.3, 0.4) is 0 Å². The van der Waals surface area contributed by atoms with Crippen LogP contribution in [-0.4, -0.2) is 67.8 Å². The van der Waals surface area contributed by atoms with Crippen LogP contribution in [0.15, 0.2) is 18.3 Å². The van der Waals surface area contributed by atoms with Crippen LogP contribution in [0.25, 0.3) is 0 Å². The molecule has 2 aliphatic heterocycles. The number of rotatable bonds is 5. The average molecular weight is 457 g/mol. The number of piperidine rings is 1. The quantitative estimate of drug-likeness (QED) is 0.707. The minimum Gasteiger partial charge on any atom is -0.370 e. The molecular formula is C18H32Cl3N5O2. The minimum atomic E-state index is -0.417. The zero-order chi connectivity index (χ0) is 17.8. The van der Waals surface area contributed by atoms with Gasteiger partial charge in [0.25, 0.3) is 5.91 Å². The third kappa shape index (κ3) is 6.90. The predicted molar refractivity (Wildman–Crippen MR) is 120 cm³/mol. The number of carbonyl (C=O) groups is 1. The number of aromatic nitrogens is 1. The first kappa shape index (κ1) is 27.2. The Kier molecular flexibility index (Phi) is 12.3. The molecule has 3 heterocycles. The van der Waals surface area contributed by atoms with Gasteiger partial charge < -0.3 is 25.6 Å². The maximum atomic E-state index is 12.2. The second-order valence-electron chi connectivity index (χ2n) is 7.13. The molecule has 1 aromatic heterocycles. The van der Waals surface area contributed by atoms with Crippen LogP contribution in [0, 0.1) is 0 Å². The summed E-state index contributed by atoms with van der Waals surface area (Å²) in [4.78, 5) is 21.3. The third-order valence-corrected chi connectivity index (χ3v) is 5.22. The topological polar surface area (TPSA) is 83.7 Å². The molecule has 0 aliphatic carbocycles. The van der Waals surface area contributed by atoms with Crippen molar-refractivity contribution >= 4 is 54.6 Å². The highest BCUT2D eigenvalue weighted by Crippen LogP contribution is 2.23. The molecule has 0 radical (unpaired) electrons. The van der Waals surface area contributed by atoms with Gasteiger partial charge in [0.1, 0.15) is 11.9 Å². The summed E-state index contributed by atoms with van der Waals surface area (Å²) in [5.74, 6) is 0.430. The summed E-state index contributed by atoms with van der Waals surface area (Å²) >= 11 is 0. The fraction of sp³-hybridized carbons (Fsp3) is 0.667. The number of carbonyl (C=O) groups excluding carboxylic acids is 1. The molecule has 3 N–H and O–H groups in total. The fourth-order valence-corrected chi connectivity index (χ4v) is 3.57. The van der Waals surface area contributed by atoms with E-state index in [0.717, 1.165) is 38.0 Å². The Bertz CT molecular complexity index is 583. The Balaban J connectivity index is 0.00000243. The lowest BCUT2D eigenvalue weighted by atomic mass is 10.0. The number of ether oxygens (including phenoxy) is 1. The van der Waals surface area contributed by atoms with E-state index < -0.39 is 6.10 Å². The van der Waals surface area contributed by atoms with Crippen LogP contribution < -0.4 is 16.0 Å². The highest BCUT2D eigenvalue weighted by atomic mass is 35.5. The first-order valence-electron chi connectivity index (χ1n) is 9.10. The number of amides is 1. The maximum absolute atomic E-state index is 12.2. The predicted octanol–water partition coefficient (Wildman–Crippen LogP) is 2.32. The van der Waals surface area contributed by atoms with Crippen molar-refractivity contribution in [2.45, 2.75) is 43.9 Å². The number of nitrogens with two attached hydrogens (primary N) is 1. The molecule has 0 unspecified atom stereocenters. The van der Waals surface area contributed by atoms with Gasteiger partial charge in [-0.3, -0.25) is 4.79 Å². The van der Waals surface area contributed by atoms with Gasteiger partial charge >= 0.3 is 0 Å². The molecule has 2 aliphatic rings. The van der Waals surface area contributed by atoms with Crippen molar-refractivity contribution in [3.8, 4) is 0 Å². The van der Waals surface area contributed by atoms with Gasteiger partial charge in [-0.1, -0.05) is 0 Å². The van der Waals surface area contributed by atoms with Crippen molar-refractivity contribution in [3.63, 3.8) is 0 Å². The molecule has 1 aromatic rings. The molecule has 1 amide bonds. The van der Waals surface area contributed by atoms with Crippen molar-refractivity contribution < 1.29 is 9.53 Å². The van der Waals surface area contributed by atoms with Crippen LogP contribution in [0.5, 0.6) is 0 Å². The van der Waals surface area contributed by atoms with Gasteiger partial charge in [0.15, 0.2) is 0 Å². The second-order valence-corrected chi connectivity index (χ2v) is 7.13. The Labute approximate surface area is 186 Å². The summed E-state index contributed by atoms with van der Waals surface area (Å²) in [6.45, 7) is 2.53. The van der Waals surface area contributed by atoms with Crippen LogP contribution in [-0.2, 0) is 9.53 Å². The number of nitrogens with one attached hydrogen (secondary N) is 1. The fourth-order valence-electron chi connectivity index (χ4n) is 3.57. The van der Waals surface area contributed by atoms with Gasteiger partial charge in [0.05, 0.1) is 18.0 Å². The monoisotopic (exact) mass is 455 g/mol. The van der Waals surface area contributed by atoms with E-state index >= 15 is 0 Å². The van der Waals surface area contributed by atoms with E-state index in [4.69, 9.17) is 10.5 Å². The van der Waals surface area contributed by atoms with Crippen LogP contribution in [0.4, 0.5) is 11.5 Å². The van der Waals surface area contributed by atoms with Gasteiger partial charge in [-0.2, -0.15) is 0 Å². The summed E-state index contributed by atoms with van der Waals surface area (Å²) in [5, 5.41) is 2.84. The Hall–Kier alpha value is -0.830. The lowest BCUT2D eigenvalue weighted by molar-refractivity contribution is -0.126. The van der Waals surface area contributed by atoms with Crippen LogP contribution >= 0.6 is 37.2 Å². The van der Waals surface area contributed by atoms with Gasteiger partial charge in [-0.25, -0.2) is 4.98 Å². The Morgan fingerprint density at radius 1 is 1.21 bits per heavy atom. The second kappa shape index (κ2) is 12.7. The van der Waals surface area contributed by atoms with Gasteiger partial charge in [0.2, 0.25) is 0 Å². The summed E-state index contributed by atoms with van der Waals surface area (Å²) in [6, 6.07) is 4.55. The van der Waals surface area contributed by atoms with E-state index in [9.17, 15) is 4.79 Å². The van der Waals surface area contributed by atoms with Crippen molar-refractivity contribution in [1.29, 1.82) is 0 Å². The summed E-state index contributed by atoms with van der Waals surface area (Å²) in [7, 11) is 4.28. The molecule has 0 aromatic carbocycles. The van der Waals surface area contributed by atoms with E-state index in [1.165, 1.54) is 0 Å². The van der Waals surface area contributed by atoms with Crippen LogP contribution in [0.2, 0.25) is 0 Å². The SMILES string of the molecule is CN(C)C1CCN(c2ccc(NC(=O)[C@@H]3CC[C@H](CN)O3)nc2)CC1.Cl.Cl.Cl. The molecule has 3 rings (SSSR count). The molecule has 162 valence electrons. The molecule has 28 heavy (non-hydrogen) atoms. The number of halogens is 3. The zero-order valence-electron chi connectivity index (χ0n) is 16.4. The van der Waals surface area contributed by atoms with Gasteiger partial charge in [-0.15, -0.1) is 37.2 Å². The molecule has 2 fully saturated rings. The molecule has 2 saturated heterocycles. The first-order chi connectivity index (χ1) is 12.1. The number of hydrogen-bond acceptors (Lipinski definition) is 6. The normalized spacial score (nSPS) is 22.1. The standard InChI is InChI=1S/C18H29N5O2.3ClH/c1-22(2)13-7-9-23(10-8-13)14-3-6-17(20-12-14)21-18(24)16-5-4-15(11-19)25-16;;;/h3,6,12-13,15-16H,4-5,7-11,19H2,1-2H3,(H,20,21,24);3*1H/t15-,16+;;;/m1.../s1. The van der Waals surface area contributed by atoms with Crippen molar-refractivity contribution in [1.82, 2.24) is 9.88 Å². The summed E-state index contributed by atoms with van der Waals surface area (Å²) in [5.41, 5.74) is 6.69. The smallest absolute Gasteiger partial charge is 0.254 e. The van der Waals surface area contributed by atoms with E-state index in [2.05, 4.69) is 34.2 Å². The molecule has 7 nitrogen and oxygen atoms in total. The van der Waals surface area contributed by atoms with Gasteiger partial charge in [-0.05, 0) is 51.9 Å². The largest absolute Gasteiger partial charge is 0.370 e. The number of pyridine rings is 1. The summed E-state index contributed by atoms with van der Waals surface area (Å²) < 4.78 is 5.62. The van der Waals surface area contributed by atoms with Crippen molar-refractivity contribution in [2.75, 3.05) is 43.9 Å². The molecule has 10 heteroatoms.